The van der Waals surface area contributed by atoms with Crippen LogP contribution >= 0.6 is 0 Å². The molecule has 0 spiro atoms. The fourth-order valence-corrected chi connectivity index (χ4v) is 4.54. The zero-order valence-electron chi connectivity index (χ0n) is 21.2. The summed E-state index contributed by atoms with van der Waals surface area (Å²) < 4.78 is 28.1. The number of esters is 1. The molecule has 188 valence electrons. The van der Waals surface area contributed by atoms with Gasteiger partial charge in [-0.3, -0.25) is 0 Å². The number of carbonyl (C=O) groups excluding carboxylic acids is 1. The van der Waals surface area contributed by atoms with Gasteiger partial charge in [-0.25, -0.2) is 4.79 Å². The van der Waals surface area contributed by atoms with Gasteiger partial charge in [0.2, 0.25) is 0 Å². The molecule has 0 bridgehead atoms. The molecule has 6 heteroatoms. The highest BCUT2D eigenvalue weighted by Crippen LogP contribution is 2.52. The van der Waals surface area contributed by atoms with Crippen LogP contribution < -0.4 is 14.2 Å². The summed E-state index contributed by atoms with van der Waals surface area (Å²) >= 11 is 0. The Balaban J connectivity index is 1.50. The summed E-state index contributed by atoms with van der Waals surface area (Å²) in [5, 5.41) is 0. The summed E-state index contributed by atoms with van der Waals surface area (Å²) in [6.07, 6.45) is 1.93. The van der Waals surface area contributed by atoms with Gasteiger partial charge in [0.05, 0.1) is 20.8 Å². The van der Waals surface area contributed by atoms with E-state index >= 15 is 0 Å². The van der Waals surface area contributed by atoms with Crippen LogP contribution in [0.3, 0.4) is 0 Å². The summed E-state index contributed by atoms with van der Waals surface area (Å²) in [5.41, 5.74) is 6.32. The summed E-state index contributed by atoms with van der Waals surface area (Å²) in [4.78, 5) is 12.1. The lowest BCUT2D eigenvalue weighted by Gasteiger charge is -2.15. The van der Waals surface area contributed by atoms with Crippen LogP contribution in [-0.4, -0.2) is 46.1 Å². The standard InChI is InChI=1S/C30H32O6/c1-5-34-27(30(31)35-6-2)19-20-13-15-21(16-14-20)36-18-17-22-23-9-7-11-25(32-3)28(23)29-24(22)10-8-12-26(29)33-4/h7-17,27H,5-6,18-19H2,1-4H3. The van der Waals surface area contributed by atoms with Crippen molar-refractivity contribution in [3.05, 3.63) is 83.4 Å². The third-order valence-electron chi connectivity index (χ3n) is 6.12. The number of carbonyl (C=O) groups is 1. The van der Waals surface area contributed by atoms with Crippen LogP contribution in [0.5, 0.6) is 17.2 Å². The first-order valence-electron chi connectivity index (χ1n) is 12.2. The zero-order valence-corrected chi connectivity index (χ0v) is 21.2. The molecule has 0 amide bonds. The van der Waals surface area contributed by atoms with Crippen LogP contribution in [-0.2, 0) is 20.7 Å². The highest BCUT2D eigenvalue weighted by atomic mass is 16.6. The summed E-state index contributed by atoms with van der Waals surface area (Å²) in [6, 6.07) is 19.8. The highest BCUT2D eigenvalue weighted by molar-refractivity contribution is 6.05. The molecule has 1 aliphatic carbocycles. The monoisotopic (exact) mass is 488 g/mol. The number of benzene rings is 3. The number of rotatable bonds is 11. The van der Waals surface area contributed by atoms with Crippen molar-refractivity contribution in [2.75, 3.05) is 34.0 Å². The second-order valence-electron chi connectivity index (χ2n) is 8.24. The zero-order chi connectivity index (χ0) is 25.5. The van der Waals surface area contributed by atoms with E-state index in [1.165, 1.54) is 0 Å². The van der Waals surface area contributed by atoms with E-state index < -0.39 is 6.10 Å². The quantitative estimate of drug-likeness (QED) is 0.252. The van der Waals surface area contributed by atoms with Gasteiger partial charge in [0.15, 0.2) is 6.10 Å². The molecule has 3 aromatic rings. The van der Waals surface area contributed by atoms with Crippen LogP contribution in [0, 0.1) is 0 Å². The van der Waals surface area contributed by atoms with Crippen LogP contribution in [0.2, 0.25) is 0 Å². The maximum Gasteiger partial charge on any atom is 0.335 e. The normalized spacial score (nSPS) is 12.4. The Morgan fingerprint density at radius 3 is 1.97 bits per heavy atom. The van der Waals surface area contributed by atoms with Crippen molar-refractivity contribution in [1.82, 2.24) is 0 Å². The number of fused-ring (bicyclic) bond motifs is 3. The maximum atomic E-state index is 12.1. The molecule has 0 aliphatic heterocycles. The number of hydrogen-bond donors (Lipinski definition) is 0. The van der Waals surface area contributed by atoms with Gasteiger partial charge < -0.3 is 23.7 Å². The first-order chi connectivity index (χ1) is 17.6. The predicted octanol–water partition coefficient (Wildman–Crippen LogP) is 5.71. The SMILES string of the molecule is CCOC(=O)C(Cc1ccc(OCC=C2c3cccc(OC)c3-c3c(OC)cccc32)cc1)OCC. The second kappa shape index (κ2) is 11.8. The van der Waals surface area contributed by atoms with E-state index in [2.05, 4.69) is 18.2 Å². The predicted molar refractivity (Wildman–Crippen MR) is 140 cm³/mol. The van der Waals surface area contributed by atoms with E-state index in [0.717, 1.165) is 50.6 Å². The molecule has 36 heavy (non-hydrogen) atoms. The summed E-state index contributed by atoms with van der Waals surface area (Å²) in [5.74, 6) is 2.03. The molecule has 1 unspecified atom stereocenters. The van der Waals surface area contributed by atoms with Gasteiger partial charge >= 0.3 is 5.97 Å². The van der Waals surface area contributed by atoms with Crippen molar-refractivity contribution >= 4 is 11.5 Å². The third-order valence-corrected chi connectivity index (χ3v) is 6.12. The molecule has 1 atom stereocenters. The van der Waals surface area contributed by atoms with Gasteiger partial charge in [-0.15, -0.1) is 0 Å². The van der Waals surface area contributed by atoms with Crippen molar-refractivity contribution < 1.29 is 28.5 Å². The smallest absolute Gasteiger partial charge is 0.335 e. The second-order valence-corrected chi connectivity index (χ2v) is 8.24. The molecule has 4 rings (SSSR count). The molecule has 0 heterocycles. The Morgan fingerprint density at radius 1 is 0.833 bits per heavy atom. The van der Waals surface area contributed by atoms with Crippen LogP contribution in [0.15, 0.2) is 66.7 Å². The molecule has 1 aliphatic rings. The van der Waals surface area contributed by atoms with Gasteiger partial charge in [0.25, 0.3) is 0 Å². The Bertz CT molecular complexity index is 1170. The molecule has 0 saturated carbocycles. The van der Waals surface area contributed by atoms with E-state index in [9.17, 15) is 4.79 Å². The Hall–Kier alpha value is -3.77. The van der Waals surface area contributed by atoms with E-state index in [4.69, 9.17) is 23.7 Å². The van der Waals surface area contributed by atoms with Crippen LogP contribution in [0.4, 0.5) is 0 Å². The van der Waals surface area contributed by atoms with E-state index in [1.807, 2.05) is 55.5 Å². The van der Waals surface area contributed by atoms with Gasteiger partial charge in [0, 0.05) is 24.2 Å². The number of methoxy groups -OCH3 is 2. The third kappa shape index (κ3) is 5.24. The lowest BCUT2D eigenvalue weighted by Crippen LogP contribution is -2.28. The van der Waals surface area contributed by atoms with E-state index in [0.29, 0.717) is 26.2 Å². The van der Waals surface area contributed by atoms with Crippen LogP contribution in [0.25, 0.3) is 16.7 Å². The van der Waals surface area contributed by atoms with Gasteiger partial charge in [-0.05, 0) is 66.5 Å². The van der Waals surface area contributed by atoms with Crippen molar-refractivity contribution in [3.63, 3.8) is 0 Å². The first kappa shape index (κ1) is 25.3. The lowest BCUT2D eigenvalue weighted by molar-refractivity contribution is -0.156. The molecule has 6 nitrogen and oxygen atoms in total. The fourth-order valence-electron chi connectivity index (χ4n) is 4.54. The minimum Gasteiger partial charge on any atom is -0.496 e. The summed E-state index contributed by atoms with van der Waals surface area (Å²) in [6.45, 7) is 4.83. The highest BCUT2D eigenvalue weighted by Gasteiger charge is 2.29. The van der Waals surface area contributed by atoms with Crippen molar-refractivity contribution in [2.24, 2.45) is 0 Å². The Morgan fingerprint density at radius 2 is 1.44 bits per heavy atom. The fraction of sp³-hybridized carbons (Fsp3) is 0.300. The van der Waals surface area contributed by atoms with Gasteiger partial charge in [-0.2, -0.15) is 0 Å². The molecular weight excluding hydrogens is 456 g/mol. The lowest BCUT2D eigenvalue weighted by atomic mass is 10.0. The Kier molecular flexibility index (Phi) is 8.28. The molecule has 0 fully saturated rings. The van der Waals surface area contributed by atoms with Crippen molar-refractivity contribution in [3.8, 4) is 28.4 Å². The van der Waals surface area contributed by atoms with Gasteiger partial charge in [-0.1, -0.05) is 36.4 Å². The molecule has 0 radical (unpaired) electrons. The van der Waals surface area contributed by atoms with E-state index in [-0.39, 0.29) is 5.97 Å². The van der Waals surface area contributed by atoms with Crippen molar-refractivity contribution in [2.45, 2.75) is 26.4 Å². The first-order valence-corrected chi connectivity index (χ1v) is 12.2. The average Bonchev–Trinajstić information content (AvgIpc) is 3.23. The molecule has 0 saturated heterocycles. The minimum atomic E-state index is -0.608. The maximum absolute atomic E-state index is 12.1. The minimum absolute atomic E-state index is 0.333. The van der Waals surface area contributed by atoms with Gasteiger partial charge in [0.1, 0.15) is 23.9 Å². The number of hydrogen-bond acceptors (Lipinski definition) is 6. The summed E-state index contributed by atoms with van der Waals surface area (Å²) in [7, 11) is 3.37. The largest absolute Gasteiger partial charge is 0.496 e. The molecule has 0 aromatic heterocycles. The topological polar surface area (TPSA) is 63.2 Å². The Labute approximate surface area is 212 Å². The average molecular weight is 489 g/mol. The van der Waals surface area contributed by atoms with Crippen molar-refractivity contribution in [1.29, 1.82) is 0 Å². The molecule has 3 aromatic carbocycles. The number of ether oxygens (including phenoxy) is 5. The molecular formula is C30H32O6. The molecule has 0 N–H and O–H groups in total. The van der Waals surface area contributed by atoms with E-state index in [1.54, 1.807) is 21.1 Å². The van der Waals surface area contributed by atoms with Crippen LogP contribution in [0.1, 0.15) is 30.5 Å².